The summed E-state index contributed by atoms with van der Waals surface area (Å²) in [6.45, 7) is 1.25. The van der Waals surface area contributed by atoms with Gasteiger partial charge in [0.1, 0.15) is 6.10 Å². The number of alkyl halides is 1. The van der Waals surface area contributed by atoms with Crippen LogP contribution >= 0.6 is 39.1 Å². The molecule has 2 nitrogen and oxygen atoms in total. The molecule has 14 heavy (non-hydrogen) atoms. The molecule has 0 aromatic carbocycles. The summed E-state index contributed by atoms with van der Waals surface area (Å²) in [5, 5.41) is -0.413. The van der Waals surface area contributed by atoms with Crippen LogP contribution in [0.5, 0.6) is 0 Å². The van der Waals surface area contributed by atoms with Gasteiger partial charge >= 0.3 is 0 Å². The number of epoxide rings is 1. The van der Waals surface area contributed by atoms with Crippen LogP contribution in [-0.4, -0.2) is 24.4 Å². The predicted octanol–water partition coefficient (Wildman–Crippen LogP) is 3.14. The van der Waals surface area contributed by atoms with Gasteiger partial charge in [-0.3, -0.25) is 0 Å². The summed E-state index contributed by atoms with van der Waals surface area (Å²) in [7, 11) is 0. The summed E-state index contributed by atoms with van der Waals surface area (Å²) in [4.78, 5) is 0. The van der Waals surface area contributed by atoms with Crippen LogP contribution in [0.15, 0.2) is 21.7 Å². The zero-order chi connectivity index (χ0) is 10.2. The van der Waals surface area contributed by atoms with Crippen molar-refractivity contribution in [3.63, 3.8) is 0 Å². The summed E-state index contributed by atoms with van der Waals surface area (Å²) >= 11 is 15.6. The van der Waals surface area contributed by atoms with Crippen LogP contribution in [0.25, 0.3) is 0 Å². The molecular weight excluding hydrogens is 291 g/mol. The van der Waals surface area contributed by atoms with Crippen LogP contribution in [0.4, 0.5) is 0 Å². The minimum absolute atomic E-state index is 0.194. The van der Waals surface area contributed by atoms with Gasteiger partial charge in [0, 0.05) is 10.9 Å². The maximum atomic E-state index is 6.24. The van der Waals surface area contributed by atoms with Crippen molar-refractivity contribution in [1.82, 2.24) is 0 Å². The van der Waals surface area contributed by atoms with Gasteiger partial charge in [0.05, 0.1) is 18.2 Å². The maximum absolute atomic E-state index is 6.24. The Morgan fingerprint density at radius 2 is 2.43 bits per heavy atom. The summed E-state index contributed by atoms with van der Waals surface area (Å²) in [5.74, 6) is 0. The molecule has 1 heterocycles. The van der Waals surface area contributed by atoms with Crippen LogP contribution in [0.1, 0.15) is 6.42 Å². The number of allylic oxidation sites excluding steroid dienone is 2. The zero-order valence-electron chi connectivity index (χ0n) is 7.30. The summed E-state index contributed by atoms with van der Waals surface area (Å²) in [6.07, 6.45) is 4.58. The summed E-state index contributed by atoms with van der Waals surface area (Å²) in [6, 6.07) is 0. The van der Waals surface area contributed by atoms with Crippen LogP contribution in [0, 0.1) is 0 Å². The van der Waals surface area contributed by atoms with Crippen LogP contribution in [0.3, 0.4) is 0 Å². The van der Waals surface area contributed by atoms with E-state index >= 15 is 0 Å². The first-order valence-electron chi connectivity index (χ1n) is 4.28. The standard InChI is InChI=1S/C9H9BrCl2O2/c10-7-2-1-3-9(12,8(7)11)14-5-6-4-13-6/h1-2,6H,3-5H2. The van der Waals surface area contributed by atoms with E-state index in [1.54, 1.807) is 0 Å². The average Bonchev–Trinajstić information content (AvgIpc) is 2.95. The molecule has 1 aliphatic heterocycles. The van der Waals surface area contributed by atoms with Gasteiger partial charge in [-0.15, -0.1) is 0 Å². The Labute approximate surface area is 101 Å². The van der Waals surface area contributed by atoms with Gasteiger partial charge in [-0.2, -0.15) is 0 Å². The fourth-order valence-electron chi connectivity index (χ4n) is 1.17. The van der Waals surface area contributed by atoms with E-state index in [2.05, 4.69) is 15.9 Å². The average molecular weight is 300 g/mol. The third-order valence-electron chi connectivity index (χ3n) is 2.08. The smallest absolute Gasteiger partial charge is 0.182 e. The topological polar surface area (TPSA) is 21.8 Å². The highest BCUT2D eigenvalue weighted by Gasteiger charge is 2.37. The van der Waals surface area contributed by atoms with E-state index in [4.69, 9.17) is 32.7 Å². The Morgan fingerprint density at radius 3 is 3.07 bits per heavy atom. The highest BCUT2D eigenvalue weighted by atomic mass is 79.9. The molecule has 2 atom stereocenters. The van der Waals surface area contributed by atoms with Crippen LogP contribution < -0.4 is 0 Å². The molecular formula is C9H9BrCl2O2. The number of rotatable bonds is 3. The highest BCUT2D eigenvalue weighted by molar-refractivity contribution is 9.12. The van der Waals surface area contributed by atoms with E-state index in [0.29, 0.717) is 18.1 Å². The van der Waals surface area contributed by atoms with Crippen molar-refractivity contribution in [3.8, 4) is 0 Å². The first-order valence-corrected chi connectivity index (χ1v) is 5.83. The first-order chi connectivity index (χ1) is 6.62. The van der Waals surface area contributed by atoms with Crippen molar-refractivity contribution >= 4 is 39.1 Å². The molecule has 0 saturated carbocycles. The molecule has 0 N–H and O–H groups in total. The Hall–Kier alpha value is 0.460. The molecule has 0 spiro atoms. The molecule has 0 aromatic heterocycles. The first kappa shape index (κ1) is 11.0. The Kier molecular flexibility index (Phi) is 3.24. The van der Waals surface area contributed by atoms with Crippen molar-refractivity contribution in [2.45, 2.75) is 17.6 Å². The lowest BCUT2D eigenvalue weighted by Crippen LogP contribution is -2.29. The molecule has 1 aliphatic carbocycles. The maximum Gasteiger partial charge on any atom is 0.182 e. The van der Waals surface area contributed by atoms with Gasteiger partial charge in [0.25, 0.3) is 0 Å². The van der Waals surface area contributed by atoms with E-state index in [1.165, 1.54) is 0 Å². The highest BCUT2D eigenvalue weighted by Crippen LogP contribution is 2.41. The largest absolute Gasteiger partial charge is 0.371 e. The molecule has 0 aromatic rings. The SMILES string of the molecule is ClC1=C(Br)C=CCC1(Cl)OCC1CO1. The third-order valence-corrected chi connectivity index (χ3v) is 4.03. The molecule has 0 amide bonds. The van der Waals surface area contributed by atoms with Crippen LogP contribution in [-0.2, 0) is 9.47 Å². The normalized spacial score (nSPS) is 36.4. The minimum Gasteiger partial charge on any atom is -0.371 e. The van der Waals surface area contributed by atoms with E-state index in [9.17, 15) is 0 Å². The van der Waals surface area contributed by atoms with E-state index < -0.39 is 5.06 Å². The Balaban J connectivity index is 2.02. The number of ether oxygens (including phenoxy) is 2. The molecule has 0 radical (unpaired) electrons. The van der Waals surface area contributed by atoms with E-state index in [-0.39, 0.29) is 6.10 Å². The Bertz CT molecular complexity index is 299. The number of hydrogen-bond acceptors (Lipinski definition) is 2. The van der Waals surface area contributed by atoms with Crippen LogP contribution in [0.2, 0.25) is 0 Å². The molecule has 0 bridgehead atoms. The van der Waals surface area contributed by atoms with E-state index in [1.807, 2.05) is 12.2 Å². The molecule has 1 saturated heterocycles. The summed E-state index contributed by atoms with van der Waals surface area (Å²) in [5.41, 5.74) is 0. The molecule has 5 heteroatoms. The Morgan fingerprint density at radius 1 is 1.71 bits per heavy atom. The van der Waals surface area contributed by atoms with Crippen molar-refractivity contribution in [2.24, 2.45) is 0 Å². The second-order valence-electron chi connectivity index (χ2n) is 3.26. The second kappa shape index (κ2) is 4.14. The molecule has 1 fully saturated rings. The van der Waals surface area contributed by atoms with Gasteiger partial charge < -0.3 is 9.47 Å². The lowest BCUT2D eigenvalue weighted by molar-refractivity contribution is 0.0408. The van der Waals surface area contributed by atoms with E-state index in [0.717, 1.165) is 11.1 Å². The quantitative estimate of drug-likeness (QED) is 0.590. The fraction of sp³-hybridized carbons (Fsp3) is 0.556. The van der Waals surface area contributed by atoms with Crippen molar-refractivity contribution in [3.05, 3.63) is 21.7 Å². The second-order valence-corrected chi connectivity index (χ2v) is 5.11. The lowest BCUT2D eigenvalue weighted by atomic mass is 10.1. The number of hydrogen-bond donors (Lipinski definition) is 0. The third kappa shape index (κ3) is 2.34. The zero-order valence-corrected chi connectivity index (χ0v) is 10.4. The number of halogens is 3. The van der Waals surface area contributed by atoms with Gasteiger partial charge in [-0.25, -0.2) is 0 Å². The van der Waals surface area contributed by atoms with Gasteiger partial charge in [-0.1, -0.05) is 35.4 Å². The fourth-order valence-corrected chi connectivity index (χ4v) is 2.24. The van der Waals surface area contributed by atoms with Gasteiger partial charge in [0.2, 0.25) is 0 Å². The molecule has 2 aliphatic rings. The van der Waals surface area contributed by atoms with Crippen molar-refractivity contribution in [1.29, 1.82) is 0 Å². The molecule has 2 rings (SSSR count). The van der Waals surface area contributed by atoms with Crippen molar-refractivity contribution < 1.29 is 9.47 Å². The molecule has 2 unspecified atom stereocenters. The van der Waals surface area contributed by atoms with Crippen molar-refractivity contribution in [2.75, 3.05) is 13.2 Å². The predicted molar refractivity (Wildman–Crippen MR) is 59.8 cm³/mol. The summed E-state index contributed by atoms with van der Waals surface area (Å²) < 4.78 is 11.4. The monoisotopic (exact) mass is 298 g/mol. The van der Waals surface area contributed by atoms with Gasteiger partial charge in [-0.05, 0) is 15.9 Å². The molecule has 78 valence electrons. The van der Waals surface area contributed by atoms with Gasteiger partial charge in [0.15, 0.2) is 5.06 Å². The minimum atomic E-state index is -0.916. The lowest BCUT2D eigenvalue weighted by Gasteiger charge is -2.28.